The van der Waals surface area contributed by atoms with E-state index in [0.29, 0.717) is 0 Å². The summed E-state index contributed by atoms with van der Waals surface area (Å²) < 4.78 is 1.24. The van der Waals surface area contributed by atoms with Gasteiger partial charge in [-0.2, -0.15) is 0 Å². The van der Waals surface area contributed by atoms with Crippen molar-refractivity contribution in [2.75, 3.05) is 27.2 Å². The Balaban J connectivity index is 0. The number of nitrogens with zero attached hydrogens (tertiary/aromatic N) is 1. The normalized spacial score (nSPS) is 11.6. The van der Waals surface area contributed by atoms with Gasteiger partial charge in [-0.15, -0.1) is 0 Å². The van der Waals surface area contributed by atoms with Crippen molar-refractivity contribution in [3.8, 4) is 0 Å². The molecule has 0 atom stereocenters. The summed E-state index contributed by atoms with van der Waals surface area (Å²) in [7, 11) is 4.85. The van der Waals surface area contributed by atoms with Crippen molar-refractivity contribution in [1.82, 2.24) is 0 Å². The van der Waals surface area contributed by atoms with Gasteiger partial charge >= 0.3 is 17.9 Å². The van der Waals surface area contributed by atoms with Crippen LogP contribution in [0.1, 0.15) is 117 Å². The van der Waals surface area contributed by atoms with Crippen LogP contribution >= 0.6 is 0 Å². The van der Waals surface area contributed by atoms with E-state index in [4.69, 9.17) is 20.4 Å². The lowest BCUT2D eigenvalue weighted by molar-refractivity contribution is -0.890. The van der Waals surface area contributed by atoms with Crippen molar-refractivity contribution in [3.63, 3.8) is 0 Å². The smallest absolute Gasteiger partial charge is 0.336 e. The van der Waals surface area contributed by atoms with Gasteiger partial charge < -0.3 is 24.9 Å². The first-order valence-electron chi connectivity index (χ1n) is 13.1. The highest BCUT2D eigenvalue weighted by Crippen LogP contribution is 2.16. The molecule has 0 bridgehead atoms. The van der Waals surface area contributed by atoms with Crippen molar-refractivity contribution in [3.05, 3.63) is 0 Å². The standard InChI is InChI=1S/C20H44N.C6H8O7/c1-5-7-9-11-13-14-16-18-20-21(3,4)19-17-15-12-10-8-6-2;7-3(8)1-6(13,5(11)12)2-4(9)10/h5-20H2,1-4H3;13H,1-2H2,(H,7,8)(H,9,10)(H,11,12)/q+1;. The van der Waals surface area contributed by atoms with Gasteiger partial charge in [-0.1, -0.05) is 78.1 Å². The molecular weight excluding hydrogens is 438 g/mol. The molecule has 0 saturated carbocycles. The third-order valence-electron chi connectivity index (χ3n) is 6.02. The Morgan fingerprint density at radius 2 is 0.882 bits per heavy atom. The Morgan fingerprint density at radius 1 is 0.588 bits per heavy atom. The van der Waals surface area contributed by atoms with Crippen LogP contribution in [0, 0.1) is 0 Å². The molecule has 4 N–H and O–H groups in total. The molecule has 0 aromatic heterocycles. The molecule has 0 saturated heterocycles. The van der Waals surface area contributed by atoms with Crippen molar-refractivity contribution < 1.29 is 39.3 Å². The molecule has 34 heavy (non-hydrogen) atoms. The van der Waals surface area contributed by atoms with Gasteiger partial charge in [0.15, 0.2) is 5.60 Å². The molecular formula is C26H52NO7+. The van der Waals surface area contributed by atoms with E-state index in [9.17, 15) is 14.4 Å². The fourth-order valence-electron chi connectivity index (χ4n) is 3.82. The van der Waals surface area contributed by atoms with Gasteiger partial charge in [0, 0.05) is 0 Å². The maximum Gasteiger partial charge on any atom is 0.336 e. The molecule has 8 nitrogen and oxygen atoms in total. The van der Waals surface area contributed by atoms with Crippen molar-refractivity contribution in [1.29, 1.82) is 0 Å². The van der Waals surface area contributed by atoms with Crippen molar-refractivity contribution in [2.24, 2.45) is 0 Å². The molecule has 0 rings (SSSR count). The summed E-state index contributed by atoms with van der Waals surface area (Å²) in [5.74, 6) is -5.02. The Morgan fingerprint density at radius 3 is 1.15 bits per heavy atom. The van der Waals surface area contributed by atoms with Crippen LogP contribution in [-0.4, -0.2) is 75.6 Å². The molecule has 0 aliphatic heterocycles. The summed E-state index contributed by atoms with van der Waals surface area (Å²) in [6, 6.07) is 0. The third kappa shape index (κ3) is 22.1. The molecule has 8 heteroatoms. The van der Waals surface area contributed by atoms with E-state index < -0.39 is 36.4 Å². The molecule has 0 unspecified atom stereocenters. The van der Waals surface area contributed by atoms with Crippen LogP contribution in [0.15, 0.2) is 0 Å². The Hall–Kier alpha value is -1.67. The van der Waals surface area contributed by atoms with Crippen LogP contribution in [0.4, 0.5) is 0 Å². The Labute approximate surface area is 206 Å². The van der Waals surface area contributed by atoms with Gasteiger partial charge in [-0.25, -0.2) is 4.79 Å². The lowest BCUT2D eigenvalue weighted by Crippen LogP contribution is -2.42. The lowest BCUT2D eigenvalue weighted by atomic mass is 9.96. The maximum atomic E-state index is 10.3. The third-order valence-corrected chi connectivity index (χ3v) is 6.02. The van der Waals surface area contributed by atoms with Crippen molar-refractivity contribution >= 4 is 17.9 Å². The van der Waals surface area contributed by atoms with E-state index in [1.807, 2.05) is 0 Å². The molecule has 202 valence electrons. The molecule has 0 amide bonds. The first kappa shape index (κ1) is 34.5. The quantitative estimate of drug-likeness (QED) is 0.126. The van der Waals surface area contributed by atoms with E-state index in [1.54, 1.807) is 0 Å². The predicted molar refractivity (Wildman–Crippen MR) is 135 cm³/mol. The Kier molecular flexibility index (Phi) is 21.0. The van der Waals surface area contributed by atoms with E-state index in [0.717, 1.165) is 0 Å². The second-order valence-corrected chi connectivity index (χ2v) is 10.1. The highest BCUT2D eigenvalue weighted by Gasteiger charge is 2.40. The zero-order chi connectivity index (χ0) is 26.5. The minimum atomic E-state index is -2.74. The average Bonchev–Trinajstić information content (AvgIpc) is 2.71. The highest BCUT2D eigenvalue weighted by atomic mass is 16.4. The second kappa shape index (κ2) is 20.7. The largest absolute Gasteiger partial charge is 0.481 e. The van der Waals surface area contributed by atoms with Gasteiger partial charge in [-0.05, 0) is 25.7 Å². The fraction of sp³-hybridized carbons (Fsp3) is 0.885. The maximum absolute atomic E-state index is 10.3. The van der Waals surface area contributed by atoms with E-state index in [-0.39, 0.29) is 0 Å². The zero-order valence-electron chi connectivity index (χ0n) is 22.2. The molecule has 0 aliphatic carbocycles. The molecule has 0 aromatic carbocycles. The monoisotopic (exact) mass is 490 g/mol. The molecule has 0 spiro atoms. The van der Waals surface area contributed by atoms with Crippen LogP contribution in [0.3, 0.4) is 0 Å². The van der Waals surface area contributed by atoms with E-state index >= 15 is 0 Å². The number of carbonyl (C=O) groups is 3. The van der Waals surface area contributed by atoms with Crippen LogP contribution in [0.2, 0.25) is 0 Å². The number of aliphatic hydroxyl groups is 1. The number of unbranched alkanes of at least 4 members (excludes halogenated alkanes) is 12. The fourth-order valence-corrected chi connectivity index (χ4v) is 3.82. The van der Waals surface area contributed by atoms with Crippen LogP contribution in [-0.2, 0) is 14.4 Å². The van der Waals surface area contributed by atoms with Gasteiger partial charge in [0.2, 0.25) is 0 Å². The van der Waals surface area contributed by atoms with Gasteiger partial charge in [0.25, 0.3) is 0 Å². The van der Waals surface area contributed by atoms with Crippen LogP contribution in [0.5, 0.6) is 0 Å². The average molecular weight is 491 g/mol. The number of aliphatic carboxylic acids is 3. The molecule has 0 heterocycles. The number of hydrogen-bond acceptors (Lipinski definition) is 4. The number of carboxylic acid groups (broad SMARTS) is 3. The molecule has 0 aliphatic rings. The number of hydrogen-bond donors (Lipinski definition) is 4. The van der Waals surface area contributed by atoms with E-state index in [2.05, 4.69) is 27.9 Å². The van der Waals surface area contributed by atoms with Crippen LogP contribution < -0.4 is 0 Å². The van der Waals surface area contributed by atoms with Gasteiger partial charge in [0.1, 0.15) is 0 Å². The van der Waals surface area contributed by atoms with Crippen molar-refractivity contribution in [2.45, 2.75) is 122 Å². The van der Waals surface area contributed by atoms with Gasteiger partial charge in [-0.3, -0.25) is 9.59 Å². The Bertz CT molecular complexity index is 533. The minimum absolute atomic E-state index is 1.14. The molecule has 0 aromatic rings. The molecule has 0 radical (unpaired) electrons. The summed E-state index contributed by atoms with van der Waals surface area (Å²) in [5.41, 5.74) is -2.74. The summed E-state index contributed by atoms with van der Waals surface area (Å²) in [5, 5.41) is 33.8. The summed E-state index contributed by atoms with van der Waals surface area (Å²) in [6.45, 7) is 7.35. The summed E-state index contributed by atoms with van der Waals surface area (Å²) >= 11 is 0. The first-order valence-corrected chi connectivity index (χ1v) is 13.1. The topological polar surface area (TPSA) is 132 Å². The van der Waals surface area contributed by atoms with E-state index in [1.165, 1.54) is 107 Å². The first-order chi connectivity index (χ1) is 15.9. The second-order valence-electron chi connectivity index (χ2n) is 10.1. The zero-order valence-corrected chi connectivity index (χ0v) is 22.2. The molecule has 0 fully saturated rings. The SMILES string of the molecule is CCCCCCCCCC[N+](C)(C)CCCCCCCC.O=C(O)CC(O)(CC(=O)O)C(=O)O. The summed E-state index contributed by atoms with van der Waals surface area (Å²) in [4.78, 5) is 30.5. The lowest BCUT2D eigenvalue weighted by Gasteiger charge is -2.30. The van der Waals surface area contributed by atoms with Crippen LogP contribution in [0.25, 0.3) is 0 Å². The number of quaternary nitrogens is 1. The minimum Gasteiger partial charge on any atom is -0.481 e. The number of rotatable bonds is 21. The van der Waals surface area contributed by atoms with Gasteiger partial charge in [0.05, 0.1) is 40.0 Å². The highest BCUT2D eigenvalue weighted by molar-refractivity contribution is 5.88. The number of carboxylic acids is 3. The predicted octanol–water partition coefficient (Wildman–Crippen LogP) is 5.32. The summed E-state index contributed by atoms with van der Waals surface area (Å²) in [6.07, 6.45) is 17.8.